The van der Waals surface area contributed by atoms with Gasteiger partial charge in [0.25, 0.3) is 0 Å². The molecule has 0 aliphatic heterocycles. The van der Waals surface area contributed by atoms with E-state index in [-0.39, 0.29) is 0 Å². The van der Waals surface area contributed by atoms with Crippen LogP contribution in [0.15, 0.2) is 53.1 Å². The third kappa shape index (κ3) is 4.01. The highest BCUT2D eigenvalue weighted by molar-refractivity contribution is 7.07. The summed E-state index contributed by atoms with van der Waals surface area (Å²) in [5.41, 5.74) is 3.08. The number of methoxy groups -OCH3 is 2. The molecule has 4 rings (SSSR count). The lowest BCUT2D eigenvalue weighted by Crippen LogP contribution is -2.32. The number of benzene rings is 1. The second-order valence-corrected chi connectivity index (χ2v) is 8.83. The molecule has 3 unspecified atom stereocenters. The van der Waals surface area contributed by atoms with Crippen molar-refractivity contribution in [2.24, 2.45) is 16.8 Å². The Balaban J connectivity index is 1.91. The molecule has 0 amide bonds. The number of hydrogen-bond acceptors (Lipinski definition) is 5. The van der Waals surface area contributed by atoms with Crippen molar-refractivity contribution < 1.29 is 9.47 Å². The van der Waals surface area contributed by atoms with Crippen LogP contribution in [0.3, 0.4) is 0 Å². The maximum absolute atomic E-state index is 5.73. The van der Waals surface area contributed by atoms with Crippen LogP contribution in [0.25, 0.3) is 11.3 Å². The van der Waals surface area contributed by atoms with Crippen molar-refractivity contribution in [1.82, 2.24) is 9.55 Å². The number of thiazole rings is 1. The van der Waals surface area contributed by atoms with Crippen LogP contribution in [0.4, 0.5) is 5.69 Å². The molecule has 0 spiro atoms. The maximum Gasteiger partial charge on any atom is 0.190 e. The van der Waals surface area contributed by atoms with Gasteiger partial charge in [0, 0.05) is 29.2 Å². The van der Waals surface area contributed by atoms with Gasteiger partial charge in [-0.2, -0.15) is 0 Å². The van der Waals surface area contributed by atoms with Crippen molar-refractivity contribution in [3.8, 4) is 22.8 Å². The molecular formula is C24H29N3O2S. The minimum Gasteiger partial charge on any atom is -0.497 e. The quantitative estimate of drug-likeness (QED) is 0.516. The predicted molar refractivity (Wildman–Crippen MR) is 122 cm³/mol. The molecule has 5 nitrogen and oxygen atoms in total. The van der Waals surface area contributed by atoms with E-state index in [9.17, 15) is 0 Å². The zero-order valence-corrected chi connectivity index (χ0v) is 18.9. The van der Waals surface area contributed by atoms with Gasteiger partial charge in [-0.15, -0.1) is 11.3 Å². The third-order valence-electron chi connectivity index (χ3n) is 6.29. The summed E-state index contributed by atoms with van der Waals surface area (Å²) in [5.74, 6) is 2.86. The third-order valence-corrected chi connectivity index (χ3v) is 7.13. The van der Waals surface area contributed by atoms with E-state index in [1.807, 2.05) is 30.5 Å². The smallest absolute Gasteiger partial charge is 0.190 e. The van der Waals surface area contributed by atoms with Crippen LogP contribution in [-0.2, 0) is 0 Å². The first-order chi connectivity index (χ1) is 14.6. The van der Waals surface area contributed by atoms with E-state index in [1.165, 1.54) is 12.8 Å². The van der Waals surface area contributed by atoms with Crippen LogP contribution >= 0.6 is 11.3 Å². The zero-order chi connectivity index (χ0) is 21.1. The van der Waals surface area contributed by atoms with Gasteiger partial charge in [0.2, 0.25) is 0 Å². The highest BCUT2D eigenvalue weighted by atomic mass is 32.1. The molecule has 1 aromatic carbocycles. The average molecular weight is 424 g/mol. The molecule has 0 radical (unpaired) electrons. The Morgan fingerprint density at radius 3 is 2.73 bits per heavy atom. The normalized spacial score (nSPS) is 22.1. The van der Waals surface area contributed by atoms with Crippen LogP contribution in [0.1, 0.15) is 39.2 Å². The van der Waals surface area contributed by atoms with Gasteiger partial charge >= 0.3 is 0 Å². The van der Waals surface area contributed by atoms with E-state index in [0.29, 0.717) is 17.9 Å². The fraction of sp³-hybridized carbons (Fsp3) is 0.417. The van der Waals surface area contributed by atoms with E-state index in [2.05, 4.69) is 34.8 Å². The Morgan fingerprint density at radius 1 is 1.13 bits per heavy atom. The highest BCUT2D eigenvalue weighted by Gasteiger charge is 2.31. The predicted octanol–water partition coefficient (Wildman–Crippen LogP) is 5.86. The molecular weight excluding hydrogens is 394 g/mol. The Kier molecular flexibility index (Phi) is 6.23. The Morgan fingerprint density at radius 2 is 2.00 bits per heavy atom. The largest absolute Gasteiger partial charge is 0.497 e. The van der Waals surface area contributed by atoms with E-state index in [4.69, 9.17) is 14.5 Å². The molecule has 0 bridgehead atoms. The van der Waals surface area contributed by atoms with Gasteiger partial charge in [0.1, 0.15) is 11.5 Å². The molecule has 1 aliphatic rings. The molecule has 0 saturated heterocycles. The molecule has 30 heavy (non-hydrogen) atoms. The molecule has 3 atom stereocenters. The number of nitrogens with zero attached hydrogens (tertiary/aromatic N) is 3. The molecule has 6 heteroatoms. The van der Waals surface area contributed by atoms with Gasteiger partial charge < -0.3 is 14.0 Å². The minimum atomic E-state index is 0.400. The minimum absolute atomic E-state index is 0.400. The van der Waals surface area contributed by atoms with Gasteiger partial charge in [-0.1, -0.05) is 26.7 Å². The van der Waals surface area contributed by atoms with Gasteiger partial charge in [-0.25, -0.2) is 4.99 Å². The van der Waals surface area contributed by atoms with Crippen molar-refractivity contribution in [2.75, 3.05) is 14.2 Å². The van der Waals surface area contributed by atoms with Crippen LogP contribution in [0.5, 0.6) is 11.5 Å². The summed E-state index contributed by atoms with van der Waals surface area (Å²) in [6.07, 6.45) is 7.28. The lowest BCUT2D eigenvalue weighted by atomic mass is 9.78. The van der Waals surface area contributed by atoms with Gasteiger partial charge in [-0.05, 0) is 42.5 Å². The number of pyridine rings is 1. The molecule has 1 aliphatic carbocycles. The molecule has 2 heterocycles. The molecule has 2 aromatic heterocycles. The topological polar surface area (TPSA) is 48.6 Å². The second kappa shape index (κ2) is 9.04. The van der Waals surface area contributed by atoms with E-state index in [1.54, 1.807) is 31.8 Å². The van der Waals surface area contributed by atoms with Gasteiger partial charge in [0.05, 0.1) is 31.8 Å². The average Bonchev–Trinajstić information content (AvgIpc) is 3.18. The summed E-state index contributed by atoms with van der Waals surface area (Å²) in [7, 11) is 3.39. The number of ether oxygens (including phenoxy) is 2. The van der Waals surface area contributed by atoms with Crippen LogP contribution in [-0.4, -0.2) is 23.8 Å². The molecule has 158 valence electrons. The lowest BCUT2D eigenvalue weighted by Gasteiger charge is -2.36. The van der Waals surface area contributed by atoms with Crippen LogP contribution < -0.4 is 14.3 Å². The number of aromatic nitrogens is 2. The molecule has 1 fully saturated rings. The fourth-order valence-electron chi connectivity index (χ4n) is 4.38. The lowest BCUT2D eigenvalue weighted by molar-refractivity contribution is 0.185. The molecule has 1 saturated carbocycles. The van der Waals surface area contributed by atoms with E-state index >= 15 is 0 Å². The number of hydrogen-bond donors (Lipinski definition) is 0. The Bertz CT molecular complexity index is 1060. The van der Waals surface area contributed by atoms with Crippen molar-refractivity contribution in [3.05, 3.63) is 52.9 Å². The maximum atomic E-state index is 5.73. The summed E-state index contributed by atoms with van der Waals surface area (Å²) in [5, 5.41) is 2.20. The summed E-state index contributed by atoms with van der Waals surface area (Å²) >= 11 is 1.67. The first kappa shape index (κ1) is 20.7. The summed E-state index contributed by atoms with van der Waals surface area (Å²) in [6, 6.07) is 10.3. The van der Waals surface area contributed by atoms with E-state index < -0.39 is 0 Å². The van der Waals surface area contributed by atoms with Crippen molar-refractivity contribution in [3.63, 3.8) is 0 Å². The summed E-state index contributed by atoms with van der Waals surface area (Å²) in [4.78, 5) is 10.2. The van der Waals surface area contributed by atoms with Gasteiger partial charge in [0.15, 0.2) is 4.80 Å². The number of rotatable bonds is 5. The Labute approximate surface area is 182 Å². The monoisotopic (exact) mass is 423 g/mol. The molecule has 3 aromatic rings. The van der Waals surface area contributed by atoms with Crippen molar-refractivity contribution in [2.45, 2.75) is 39.2 Å². The van der Waals surface area contributed by atoms with E-state index in [0.717, 1.165) is 39.7 Å². The molecule has 0 N–H and O–H groups in total. The summed E-state index contributed by atoms with van der Waals surface area (Å²) in [6.45, 7) is 4.75. The fourth-order valence-corrected chi connectivity index (χ4v) is 5.34. The van der Waals surface area contributed by atoms with Crippen LogP contribution in [0.2, 0.25) is 0 Å². The van der Waals surface area contributed by atoms with Crippen molar-refractivity contribution in [1.29, 1.82) is 0 Å². The zero-order valence-electron chi connectivity index (χ0n) is 18.0. The SMILES string of the molecule is COc1ccc(-c2csc(=Nc3cccnc3)n2C2CCCC(C)C2C)c(OC)c1. The highest BCUT2D eigenvalue weighted by Crippen LogP contribution is 2.41. The first-order valence-electron chi connectivity index (χ1n) is 10.5. The van der Waals surface area contributed by atoms with Crippen molar-refractivity contribution >= 4 is 17.0 Å². The van der Waals surface area contributed by atoms with Gasteiger partial charge in [-0.3, -0.25) is 4.98 Å². The standard InChI is InChI=1S/C24H29N3O2S/c1-16-7-5-9-21(17(16)2)27-22(20-11-10-19(28-3)13-23(20)29-4)15-30-24(27)26-18-8-6-12-25-14-18/h6,8,10-17,21H,5,7,9H2,1-4H3. The Hall–Kier alpha value is -2.60. The van der Waals surface area contributed by atoms with Crippen LogP contribution in [0, 0.1) is 11.8 Å². The summed E-state index contributed by atoms with van der Waals surface area (Å²) < 4.78 is 13.6. The first-order valence-corrected chi connectivity index (χ1v) is 11.4. The second-order valence-electron chi connectivity index (χ2n) is 8.00.